The van der Waals surface area contributed by atoms with Gasteiger partial charge in [0.25, 0.3) is 5.91 Å². The van der Waals surface area contributed by atoms with Gasteiger partial charge in [-0.1, -0.05) is 18.2 Å². The van der Waals surface area contributed by atoms with Crippen LogP contribution >= 0.6 is 0 Å². The van der Waals surface area contributed by atoms with Crippen molar-refractivity contribution >= 4 is 23.0 Å². The molecule has 0 spiro atoms. The number of rotatable bonds is 6. The van der Waals surface area contributed by atoms with E-state index < -0.39 is 0 Å². The van der Waals surface area contributed by atoms with Gasteiger partial charge >= 0.3 is 0 Å². The topological polar surface area (TPSA) is 82.0 Å². The number of carbonyl (C=O) groups is 1. The molecule has 2 aromatic carbocycles. The molecule has 0 aliphatic heterocycles. The number of benzene rings is 2. The van der Waals surface area contributed by atoms with Gasteiger partial charge in [0.1, 0.15) is 0 Å². The number of ether oxygens (including phenoxy) is 3. The summed E-state index contributed by atoms with van der Waals surface area (Å²) in [6.07, 6.45) is 1.51. The summed E-state index contributed by atoms with van der Waals surface area (Å²) >= 11 is 0. The van der Waals surface area contributed by atoms with E-state index in [0.717, 1.165) is 10.9 Å². The van der Waals surface area contributed by atoms with Crippen LogP contribution in [0, 0.1) is 6.92 Å². The number of aryl methyl sites for hydroxylation is 1. The highest BCUT2D eigenvalue weighted by molar-refractivity contribution is 5.99. The fourth-order valence-electron chi connectivity index (χ4n) is 2.84. The van der Waals surface area contributed by atoms with Crippen molar-refractivity contribution in [1.82, 2.24) is 10.4 Å². The number of fused-ring (bicyclic) bond motifs is 1. The Labute approximate surface area is 162 Å². The van der Waals surface area contributed by atoms with Crippen molar-refractivity contribution in [1.29, 1.82) is 0 Å². The normalized spacial score (nSPS) is 10.9. The second-order valence-corrected chi connectivity index (χ2v) is 5.97. The zero-order valence-electron chi connectivity index (χ0n) is 16.1. The molecule has 1 aromatic heterocycles. The number of aromatic nitrogens is 1. The average molecular weight is 379 g/mol. The van der Waals surface area contributed by atoms with Gasteiger partial charge in [-0.25, -0.2) is 5.43 Å². The molecule has 1 N–H and O–H groups in total. The van der Waals surface area contributed by atoms with Crippen molar-refractivity contribution in [2.24, 2.45) is 5.10 Å². The quantitative estimate of drug-likeness (QED) is 0.525. The Bertz CT molecular complexity index is 1020. The fraction of sp³-hybridized carbons (Fsp3) is 0.190. The molecule has 1 heterocycles. The fourth-order valence-corrected chi connectivity index (χ4v) is 2.84. The van der Waals surface area contributed by atoms with Gasteiger partial charge in [0.2, 0.25) is 5.75 Å². The van der Waals surface area contributed by atoms with Crippen LogP contribution in [-0.2, 0) is 0 Å². The van der Waals surface area contributed by atoms with E-state index in [1.807, 2.05) is 30.3 Å². The Morgan fingerprint density at radius 3 is 2.36 bits per heavy atom. The van der Waals surface area contributed by atoms with Gasteiger partial charge in [0.15, 0.2) is 11.5 Å². The smallest absolute Gasteiger partial charge is 0.273 e. The van der Waals surface area contributed by atoms with Crippen LogP contribution in [0.3, 0.4) is 0 Å². The van der Waals surface area contributed by atoms with Crippen molar-refractivity contribution in [3.8, 4) is 17.2 Å². The number of nitrogens with zero attached hydrogens (tertiary/aromatic N) is 2. The monoisotopic (exact) mass is 379 g/mol. The Morgan fingerprint density at radius 2 is 1.71 bits per heavy atom. The maximum atomic E-state index is 12.5. The SMILES string of the molecule is COc1cc(C=NNC(=O)c2cc3ccccc3nc2C)cc(OC)c1OC. The molecule has 0 fully saturated rings. The lowest BCUT2D eigenvalue weighted by Gasteiger charge is -2.12. The van der Waals surface area contributed by atoms with Crippen LogP contribution in [0.2, 0.25) is 0 Å². The minimum Gasteiger partial charge on any atom is -0.493 e. The molecule has 0 aliphatic carbocycles. The molecule has 3 aromatic rings. The second kappa shape index (κ2) is 8.39. The summed E-state index contributed by atoms with van der Waals surface area (Å²) in [5, 5.41) is 4.94. The first-order valence-electron chi connectivity index (χ1n) is 8.57. The predicted molar refractivity (Wildman–Crippen MR) is 108 cm³/mol. The van der Waals surface area contributed by atoms with Gasteiger partial charge in [0.05, 0.1) is 44.3 Å². The van der Waals surface area contributed by atoms with E-state index in [0.29, 0.717) is 34.1 Å². The third-order valence-corrected chi connectivity index (χ3v) is 4.23. The maximum absolute atomic E-state index is 12.5. The summed E-state index contributed by atoms with van der Waals surface area (Å²) in [7, 11) is 4.61. The highest BCUT2D eigenvalue weighted by Gasteiger charge is 2.13. The van der Waals surface area contributed by atoms with Crippen LogP contribution in [0.15, 0.2) is 47.6 Å². The molecule has 0 saturated heterocycles. The van der Waals surface area contributed by atoms with E-state index in [4.69, 9.17) is 14.2 Å². The lowest BCUT2D eigenvalue weighted by molar-refractivity contribution is 0.0954. The predicted octanol–water partition coefficient (Wildman–Crippen LogP) is 3.33. The molecular weight excluding hydrogens is 358 g/mol. The van der Waals surface area contributed by atoms with E-state index in [1.165, 1.54) is 27.5 Å². The van der Waals surface area contributed by atoms with Crippen molar-refractivity contribution in [2.75, 3.05) is 21.3 Å². The second-order valence-electron chi connectivity index (χ2n) is 5.97. The largest absolute Gasteiger partial charge is 0.493 e. The van der Waals surface area contributed by atoms with Crippen molar-refractivity contribution < 1.29 is 19.0 Å². The lowest BCUT2D eigenvalue weighted by atomic mass is 10.1. The van der Waals surface area contributed by atoms with Crippen LogP contribution in [0.4, 0.5) is 0 Å². The van der Waals surface area contributed by atoms with Gasteiger partial charge in [-0.2, -0.15) is 5.10 Å². The molecule has 1 amide bonds. The molecular formula is C21H21N3O4. The third-order valence-electron chi connectivity index (χ3n) is 4.23. The number of pyridine rings is 1. The zero-order valence-corrected chi connectivity index (χ0v) is 16.1. The molecule has 28 heavy (non-hydrogen) atoms. The standard InChI is InChI=1S/C21H21N3O4/c1-13-16(11-15-7-5-6-8-17(15)23-13)21(25)24-22-12-14-9-18(26-2)20(28-4)19(10-14)27-3/h5-12H,1-4H3,(H,24,25). The summed E-state index contributed by atoms with van der Waals surface area (Å²) in [5.41, 5.74) is 5.17. The molecule has 0 aliphatic rings. The highest BCUT2D eigenvalue weighted by Crippen LogP contribution is 2.37. The van der Waals surface area contributed by atoms with Crippen molar-refractivity contribution in [2.45, 2.75) is 6.92 Å². The summed E-state index contributed by atoms with van der Waals surface area (Å²) in [6, 6.07) is 12.9. The van der Waals surface area contributed by atoms with Gasteiger partial charge in [-0.15, -0.1) is 0 Å². The number of hydrazone groups is 1. The van der Waals surface area contributed by atoms with Crippen molar-refractivity contribution in [3.05, 3.63) is 59.3 Å². The number of hydrogen-bond donors (Lipinski definition) is 1. The van der Waals surface area contributed by atoms with E-state index >= 15 is 0 Å². The number of hydrogen-bond acceptors (Lipinski definition) is 6. The number of carbonyl (C=O) groups excluding carboxylic acids is 1. The number of amides is 1. The number of nitrogens with one attached hydrogen (secondary N) is 1. The highest BCUT2D eigenvalue weighted by atomic mass is 16.5. The summed E-state index contributed by atoms with van der Waals surface area (Å²) < 4.78 is 15.9. The summed E-state index contributed by atoms with van der Waals surface area (Å²) in [6.45, 7) is 1.80. The minimum atomic E-state index is -0.334. The first kappa shape index (κ1) is 19.2. The summed E-state index contributed by atoms with van der Waals surface area (Å²) in [5.74, 6) is 1.16. The van der Waals surface area contributed by atoms with Crippen LogP contribution in [-0.4, -0.2) is 38.4 Å². The van der Waals surface area contributed by atoms with E-state index in [1.54, 1.807) is 19.1 Å². The first-order valence-corrected chi connectivity index (χ1v) is 8.57. The van der Waals surface area contributed by atoms with Crippen LogP contribution < -0.4 is 19.6 Å². The molecule has 0 bridgehead atoms. The maximum Gasteiger partial charge on any atom is 0.273 e. The number of para-hydroxylation sites is 1. The van der Waals surface area contributed by atoms with Crippen LogP contribution in [0.25, 0.3) is 10.9 Å². The van der Waals surface area contributed by atoms with Crippen molar-refractivity contribution in [3.63, 3.8) is 0 Å². The van der Waals surface area contributed by atoms with Gasteiger partial charge in [-0.3, -0.25) is 9.78 Å². The molecule has 7 nitrogen and oxygen atoms in total. The Balaban J connectivity index is 1.81. The number of methoxy groups -OCH3 is 3. The van der Waals surface area contributed by atoms with E-state index in [2.05, 4.69) is 15.5 Å². The van der Waals surface area contributed by atoms with Gasteiger partial charge < -0.3 is 14.2 Å². The van der Waals surface area contributed by atoms with E-state index in [-0.39, 0.29) is 5.91 Å². The lowest BCUT2D eigenvalue weighted by Crippen LogP contribution is -2.19. The molecule has 0 saturated carbocycles. The Morgan fingerprint density at radius 1 is 1.04 bits per heavy atom. The Hall–Kier alpha value is -3.61. The minimum absolute atomic E-state index is 0.334. The zero-order chi connectivity index (χ0) is 20.1. The third kappa shape index (κ3) is 3.88. The molecule has 0 atom stereocenters. The Kier molecular flexibility index (Phi) is 5.74. The van der Waals surface area contributed by atoms with E-state index in [9.17, 15) is 4.79 Å². The van der Waals surface area contributed by atoms with Crippen LogP contribution in [0.1, 0.15) is 21.6 Å². The molecule has 144 valence electrons. The molecule has 7 heteroatoms. The van der Waals surface area contributed by atoms with Crippen LogP contribution in [0.5, 0.6) is 17.2 Å². The molecule has 3 rings (SSSR count). The van der Waals surface area contributed by atoms with Gasteiger partial charge in [-0.05, 0) is 31.2 Å². The first-order chi connectivity index (χ1) is 13.6. The average Bonchev–Trinajstić information content (AvgIpc) is 2.72. The van der Waals surface area contributed by atoms with Gasteiger partial charge in [0, 0.05) is 10.9 Å². The molecule has 0 unspecified atom stereocenters. The summed E-state index contributed by atoms with van der Waals surface area (Å²) in [4.78, 5) is 17.0. The molecule has 0 radical (unpaired) electrons.